The van der Waals surface area contributed by atoms with Crippen LogP contribution in [-0.2, 0) is 6.42 Å². The Kier molecular flexibility index (Phi) is 4.76. The van der Waals surface area contributed by atoms with Crippen molar-refractivity contribution < 1.29 is 9.47 Å². The van der Waals surface area contributed by atoms with Crippen LogP contribution in [-0.4, -0.2) is 30.7 Å². The van der Waals surface area contributed by atoms with E-state index in [2.05, 4.69) is 21.4 Å². The zero-order chi connectivity index (χ0) is 14.4. The summed E-state index contributed by atoms with van der Waals surface area (Å²) >= 11 is 0. The molecule has 0 fully saturated rings. The second-order valence-corrected chi connectivity index (χ2v) is 4.38. The molecule has 2 aromatic rings. The monoisotopic (exact) mass is 273 g/mol. The van der Waals surface area contributed by atoms with Gasteiger partial charge in [-0.3, -0.25) is 0 Å². The number of hydrogen-bond donors (Lipinski definition) is 1. The lowest BCUT2D eigenvalue weighted by Crippen LogP contribution is -2.09. The van der Waals surface area contributed by atoms with Crippen molar-refractivity contribution in [1.29, 1.82) is 0 Å². The van der Waals surface area contributed by atoms with Crippen LogP contribution in [0.1, 0.15) is 11.1 Å². The number of rotatable bonds is 6. The maximum absolute atomic E-state index is 5.21. The van der Waals surface area contributed by atoms with Gasteiger partial charge in [-0.2, -0.15) is 0 Å². The minimum atomic E-state index is 0.601. The first-order valence-electron chi connectivity index (χ1n) is 6.47. The molecule has 0 unspecified atom stereocenters. The first kappa shape index (κ1) is 14.1. The van der Waals surface area contributed by atoms with E-state index in [1.807, 2.05) is 25.1 Å². The van der Waals surface area contributed by atoms with Crippen LogP contribution in [0.5, 0.6) is 11.6 Å². The van der Waals surface area contributed by atoms with Crippen molar-refractivity contribution >= 4 is 5.82 Å². The number of aromatic nitrogens is 2. The Balaban J connectivity index is 1.96. The molecule has 5 nitrogen and oxygen atoms in total. The standard InChI is InChI=1S/C15H19N3O2/c1-11-14(17-10-18-15(11)20-3)16-8-7-12-5-4-6-13(9-12)19-2/h4-6,9-10H,7-8H2,1-3H3,(H,16,17,18). The fraction of sp³-hybridized carbons (Fsp3) is 0.333. The van der Waals surface area contributed by atoms with Crippen LogP contribution in [0.3, 0.4) is 0 Å². The van der Waals surface area contributed by atoms with Crippen LogP contribution in [0.25, 0.3) is 0 Å². The lowest BCUT2D eigenvalue weighted by atomic mass is 10.1. The van der Waals surface area contributed by atoms with Gasteiger partial charge in [-0.1, -0.05) is 12.1 Å². The highest BCUT2D eigenvalue weighted by Crippen LogP contribution is 2.19. The van der Waals surface area contributed by atoms with E-state index in [0.717, 1.165) is 30.1 Å². The number of nitrogens with zero attached hydrogens (tertiary/aromatic N) is 2. The predicted molar refractivity (Wildman–Crippen MR) is 78.5 cm³/mol. The smallest absolute Gasteiger partial charge is 0.221 e. The summed E-state index contributed by atoms with van der Waals surface area (Å²) in [5.41, 5.74) is 2.14. The van der Waals surface area contributed by atoms with Crippen LogP contribution < -0.4 is 14.8 Å². The molecule has 0 aliphatic rings. The van der Waals surface area contributed by atoms with Crippen molar-refractivity contribution in [3.05, 3.63) is 41.7 Å². The number of methoxy groups -OCH3 is 2. The van der Waals surface area contributed by atoms with E-state index in [0.29, 0.717) is 5.88 Å². The van der Waals surface area contributed by atoms with E-state index in [4.69, 9.17) is 9.47 Å². The van der Waals surface area contributed by atoms with Crippen molar-refractivity contribution in [3.63, 3.8) is 0 Å². The molecule has 20 heavy (non-hydrogen) atoms. The number of ether oxygens (including phenoxy) is 2. The van der Waals surface area contributed by atoms with Gasteiger partial charge < -0.3 is 14.8 Å². The molecule has 0 saturated heterocycles. The quantitative estimate of drug-likeness (QED) is 0.876. The average molecular weight is 273 g/mol. The minimum absolute atomic E-state index is 0.601. The zero-order valence-electron chi connectivity index (χ0n) is 12.0. The first-order chi connectivity index (χ1) is 9.74. The van der Waals surface area contributed by atoms with Crippen molar-refractivity contribution in [2.24, 2.45) is 0 Å². The van der Waals surface area contributed by atoms with Gasteiger partial charge in [0.25, 0.3) is 0 Å². The third-order valence-corrected chi connectivity index (χ3v) is 3.07. The van der Waals surface area contributed by atoms with E-state index in [1.165, 1.54) is 11.9 Å². The summed E-state index contributed by atoms with van der Waals surface area (Å²) in [6.45, 7) is 2.72. The van der Waals surface area contributed by atoms with Gasteiger partial charge in [0.15, 0.2) is 0 Å². The van der Waals surface area contributed by atoms with Gasteiger partial charge in [0.05, 0.1) is 19.8 Å². The topological polar surface area (TPSA) is 56.3 Å². The Morgan fingerprint density at radius 2 is 2.00 bits per heavy atom. The number of benzene rings is 1. The average Bonchev–Trinajstić information content (AvgIpc) is 2.49. The Labute approximate surface area is 119 Å². The summed E-state index contributed by atoms with van der Waals surface area (Å²) in [7, 11) is 3.28. The van der Waals surface area contributed by atoms with Gasteiger partial charge in [0, 0.05) is 6.54 Å². The normalized spacial score (nSPS) is 10.2. The van der Waals surface area contributed by atoms with E-state index >= 15 is 0 Å². The van der Waals surface area contributed by atoms with E-state index in [9.17, 15) is 0 Å². The highest BCUT2D eigenvalue weighted by Gasteiger charge is 2.06. The first-order valence-corrected chi connectivity index (χ1v) is 6.47. The summed E-state index contributed by atoms with van der Waals surface area (Å²) < 4.78 is 10.4. The van der Waals surface area contributed by atoms with Crippen LogP contribution >= 0.6 is 0 Å². The van der Waals surface area contributed by atoms with Gasteiger partial charge in [-0.15, -0.1) is 0 Å². The Morgan fingerprint density at radius 3 is 2.75 bits per heavy atom. The molecule has 0 bridgehead atoms. The van der Waals surface area contributed by atoms with E-state index in [-0.39, 0.29) is 0 Å². The maximum Gasteiger partial charge on any atom is 0.221 e. The Bertz CT molecular complexity index is 573. The lowest BCUT2D eigenvalue weighted by Gasteiger charge is -2.10. The van der Waals surface area contributed by atoms with Gasteiger partial charge in [-0.05, 0) is 31.0 Å². The number of nitrogens with one attached hydrogen (secondary N) is 1. The molecule has 0 spiro atoms. The molecule has 0 saturated carbocycles. The summed E-state index contributed by atoms with van der Waals surface area (Å²) in [5.74, 6) is 2.28. The summed E-state index contributed by atoms with van der Waals surface area (Å²) in [5, 5.41) is 3.30. The van der Waals surface area contributed by atoms with Crippen LogP contribution in [0.4, 0.5) is 5.82 Å². The van der Waals surface area contributed by atoms with Crippen LogP contribution in [0, 0.1) is 6.92 Å². The molecule has 0 aliphatic heterocycles. The van der Waals surface area contributed by atoms with Crippen LogP contribution in [0.15, 0.2) is 30.6 Å². The third-order valence-electron chi connectivity index (χ3n) is 3.07. The molecular weight excluding hydrogens is 254 g/mol. The molecule has 0 atom stereocenters. The van der Waals surface area contributed by atoms with Crippen molar-refractivity contribution in [2.75, 3.05) is 26.1 Å². The number of anilines is 1. The second kappa shape index (κ2) is 6.75. The minimum Gasteiger partial charge on any atom is -0.497 e. The SMILES string of the molecule is COc1cccc(CCNc2ncnc(OC)c2C)c1. The van der Waals surface area contributed by atoms with Gasteiger partial charge >= 0.3 is 0 Å². The third kappa shape index (κ3) is 3.38. The van der Waals surface area contributed by atoms with Gasteiger partial charge in [0.2, 0.25) is 5.88 Å². The molecule has 1 heterocycles. The molecule has 2 rings (SSSR count). The lowest BCUT2D eigenvalue weighted by molar-refractivity contribution is 0.393. The fourth-order valence-electron chi connectivity index (χ4n) is 1.97. The van der Waals surface area contributed by atoms with Crippen molar-refractivity contribution in [2.45, 2.75) is 13.3 Å². The molecule has 5 heteroatoms. The van der Waals surface area contributed by atoms with Crippen molar-refractivity contribution in [1.82, 2.24) is 9.97 Å². The molecular formula is C15H19N3O2. The Morgan fingerprint density at radius 1 is 1.15 bits per heavy atom. The largest absolute Gasteiger partial charge is 0.497 e. The van der Waals surface area contributed by atoms with Crippen LogP contribution in [0.2, 0.25) is 0 Å². The summed E-state index contributed by atoms with van der Waals surface area (Å²) in [6, 6.07) is 8.05. The molecule has 0 radical (unpaired) electrons. The predicted octanol–water partition coefficient (Wildman–Crippen LogP) is 2.46. The van der Waals surface area contributed by atoms with Gasteiger partial charge in [0.1, 0.15) is 17.9 Å². The molecule has 1 aromatic heterocycles. The molecule has 0 aliphatic carbocycles. The highest BCUT2D eigenvalue weighted by molar-refractivity contribution is 5.47. The fourth-order valence-corrected chi connectivity index (χ4v) is 1.97. The molecule has 1 aromatic carbocycles. The summed E-state index contributed by atoms with van der Waals surface area (Å²) in [4.78, 5) is 8.28. The van der Waals surface area contributed by atoms with Crippen molar-refractivity contribution in [3.8, 4) is 11.6 Å². The summed E-state index contributed by atoms with van der Waals surface area (Å²) in [6.07, 6.45) is 2.39. The molecule has 106 valence electrons. The highest BCUT2D eigenvalue weighted by atomic mass is 16.5. The van der Waals surface area contributed by atoms with E-state index in [1.54, 1.807) is 14.2 Å². The number of hydrogen-bond acceptors (Lipinski definition) is 5. The zero-order valence-corrected chi connectivity index (χ0v) is 12.0. The van der Waals surface area contributed by atoms with Gasteiger partial charge in [-0.25, -0.2) is 9.97 Å². The maximum atomic E-state index is 5.21. The van der Waals surface area contributed by atoms with E-state index < -0.39 is 0 Å². The second-order valence-electron chi connectivity index (χ2n) is 4.38. The Hall–Kier alpha value is -2.30. The molecule has 0 amide bonds. The molecule has 1 N–H and O–H groups in total.